The second kappa shape index (κ2) is 8.53. The van der Waals surface area contributed by atoms with Crippen molar-refractivity contribution >= 4 is 11.7 Å². The number of nitrogens with zero attached hydrogens (tertiary/aromatic N) is 1. The van der Waals surface area contributed by atoms with E-state index in [0.29, 0.717) is 19.1 Å². The van der Waals surface area contributed by atoms with Crippen LogP contribution in [0.5, 0.6) is 5.75 Å². The molecule has 3 rings (SSSR count). The molecule has 0 bridgehead atoms. The normalized spacial score (nSPS) is 16.7. The van der Waals surface area contributed by atoms with Gasteiger partial charge in [0.25, 0.3) is 0 Å². The largest absolute Gasteiger partial charge is 0.491 e. The second-order valence-corrected chi connectivity index (χ2v) is 6.14. The van der Waals surface area contributed by atoms with Crippen molar-refractivity contribution in [2.75, 3.05) is 38.7 Å². The van der Waals surface area contributed by atoms with Gasteiger partial charge in [0, 0.05) is 37.9 Å². The lowest BCUT2D eigenvalue weighted by Crippen LogP contribution is -2.32. The highest BCUT2D eigenvalue weighted by Crippen LogP contribution is 2.27. The van der Waals surface area contributed by atoms with E-state index in [9.17, 15) is 4.79 Å². The number of rotatable bonds is 6. The summed E-state index contributed by atoms with van der Waals surface area (Å²) in [5, 5.41) is 2.96. The van der Waals surface area contributed by atoms with Gasteiger partial charge in [0.2, 0.25) is 0 Å². The highest BCUT2D eigenvalue weighted by atomic mass is 16.5. The quantitative estimate of drug-likeness (QED) is 0.815. The van der Waals surface area contributed by atoms with Crippen LogP contribution < -0.4 is 10.1 Å². The average Bonchev–Trinajstić information content (AvgIpc) is 3.13. The Morgan fingerprint density at radius 1 is 1.16 bits per heavy atom. The molecular formula is C20H24N2O3. The molecule has 2 aromatic carbocycles. The van der Waals surface area contributed by atoms with Crippen molar-refractivity contribution in [1.29, 1.82) is 0 Å². The van der Waals surface area contributed by atoms with Gasteiger partial charge in [0.05, 0.1) is 6.61 Å². The van der Waals surface area contributed by atoms with E-state index in [0.717, 1.165) is 30.9 Å². The SMILES string of the molecule is COCCOc1cccc(NC(=O)N2CC[C@@H](c3ccccc3)C2)c1. The molecule has 0 radical (unpaired) electrons. The van der Waals surface area contributed by atoms with E-state index >= 15 is 0 Å². The molecule has 0 aromatic heterocycles. The fourth-order valence-corrected chi connectivity index (χ4v) is 3.05. The number of urea groups is 1. The summed E-state index contributed by atoms with van der Waals surface area (Å²) in [6.45, 7) is 2.54. The van der Waals surface area contributed by atoms with Crippen molar-refractivity contribution in [3.8, 4) is 5.75 Å². The van der Waals surface area contributed by atoms with Crippen LogP contribution in [0.25, 0.3) is 0 Å². The van der Waals surface area contributed by atoms with Crippen LogP contribution in [0.2, 0.25) is 0 Å². The van der Waals surface area contributed by atoms with E-state index < -0.39 is 0 Å². The van der Waals surface area contributed by atoms with Gasteiger partial charge >= 0.3 is 6.03 Å². The fraction of sp³-hybridized carbons (Fsp3) is 0.350. The molecule has 5 nitrogen and oxygen atoms in total. The van der Waals surface area contributed by atoms with E-state index in [2.05, 4.69) is 17.4 Å². The molecular weight excluding hydrogens is 316 g/mol. The Bertz CT molecular complexity index is 690. The summed E-state index contributed by atoms with van der Waals surface area (Å²) in [5.41, 5.74) is 2.04. The molecule has 0 spiro atoms. The molecule has 2 amide bonds. The van der Waals surface area contributed by atoms with Crippen LogP contribution in [-0.2, 0) is 4.74 Å². The van der Waals surface area contributed by atoms with Gasteiger partial charge in [-0.1, -0.05) is 36.4 Å². The van der Waals surface area contributed by atoms with Gasteiger partial charge in [-0.25, -0.2) is 4.79 Å². The van der Waals surface area contributed by atoms with Crippen LogP contribution in [0, 0.1) is 0 Å². The van der Waals surface area contributed by atoms with Crippen molar-refractivity contribution in [2.45, 2.75) is 12.3 Å². The van der Waals surface area contributed by atoms with Gasteiger partial charge in [0.1, 0.15) is 12.4 Å². The molecule has 1 saturated heterocycles. The van der Waals surface area contributed by atoms with Crippen LogP contribution in [0.4, 0.5) is 10.5 Å². The first-order valence-electron chi connectivity index (χ1n) is 8.59. The number of carbonyl (C=O) groups excluding carboxylic acids is 1. The molecule has 0 aliphatic carbocycles. The predicted molar refractivity (Wildman–Crippen MR) is 98.2 cm³/mol. The van der Waals surface area contributed by atoms with E-state index in [-0.39, 0.29) is 6.03 Å². The number of benzene rings is 2. The summed E-state index contributed by atoms with van der Waals surface area (Å²) in [6.07, 6.45) is 0.998. The van der Waals surface area contributed by atoms with Gasteiger partial charge in [-0.3, -0.25) is 0 Å². The third-order valence-electron chi connectivity index (χ3n) is 4.39. The van der Waals surface area contributed by atoms with Gasteiger partial charge in [0.15, 0.2) is 0 Å². The minimum absolute atomic E-state index is 0.0625. The number of carbonyl (C=O) groups is 1. The Morgan fingerprint density at radius 3 is 2.80 bits per heavy atom. The Morgan fingerprint density at radius 2 is 2.00 bits per heavy atom. The van der Waals surface area contributed by atoms with Crippen molar-refractivity contribution in [1.82, 2.24) is 4.90 Å². The summed E-state index contributed by atoms with van der Waals surface area (Å²) < 4.78 is 10.6. The Balaban J connectivity index is 1.55. The number of methoxy groups -OCH3 is 1. The van der Waals surface area contributed by atoms with Crippen LogP contribution in [-0.4, -0.2) is 44.3 Å². The molecule has 2 aromatic rings. The highest BCUT2D eigenvalue weighted by Gasteiger charge is 2.27. The molecule has 132 valence electrons. The topological polar surface area (TPSA) is 50.8 Å². The highest BCUT2D eigenvalue weighted by molar-refractivity contribution is 5.89. The maximum Gasteiger partial charge on any atom is 0.321 e. The number of anilines is 1. The first-order valence-corrected chi connectivity index (χ1v) is 8.59. The van der Waals surface area contributed by atoms with Gasteiger partial charge in [-0.05, 0) is 24.1 Å². The summed E-state index contributed by atoms with van der Waals surface area (Å²) >= 11 is 0. The lowest BCUT2D eigenvalue weighted by Gasteiger charge is -2.18. The number of hydrogen-bond donors (Lipinski definition) is 1. The van der Waals surface area contributed by atoms with Crippen molar-refractivity contribution in [2.24, 2.45) is 0 Å². The number of hydrogen-bond acceptors (Lipinski definition) is 3. The number of ether oxygens (including phenoxy) is 2. The smallest absolute Gasteiger partial charge is 0.321 e. The zero-order valence-corrected chi connectivity index (χ0v) is 14.5. The first kappa shape index (κ1) is 17.3. The molecule has 25 heavy (non-hydrogen) atoms. The van der Waals surface area contributed by atoms with E-state index in [1.54, 1.807) is 7.11 Å². The van der Waals surface area contributed by atoms with Crippen LogP contribution in [0.1, 0.15) is 17.9 Å². The van der Waals surface area contributed by atoms with Crippen molar-refractivity contribution in [3.05, 3.63) is 60.2 Å². The molecule has 1 atom stereocenters. The minimum atomic E-state index is -0.0625. The van der Waals surface area contributed by atoms with Crippen molar-refractivity contribution < 1.29 is 14.3 Å². The number of amides is 2. The maximum absolute atomic E-state index is 12.5. The lowest BCUT2D eigenvalue weighted by molar-refractivity contribution is 0.146. The summed E-state index contributed by atoms with van der Waals surface area (Å²) in [6, 6.07) is 17.8. The molecule has 5 heteroatoms. The maximum atomic E-state index is 12.5. The zero-order chi connectivity index (χ0) is 17.5. The Hall–Kier alpha value is -2.53. The third kappa shape index (κ3) is 4.73. The zero-order valence-electron chi connectivity index (χ0n) is 14.5. The van der Waals surface area contributed by atoms with E-state index in [1.807, 2.05) is 47.4 Å². The van der Waals surface area contributed by atoms with Crippen LogP contribution in [0.3, 0.4) is 0 Å². The van der Waals surface area contributed by atoms with Gasteiger partial charge in [-0.15, -0.1) is 0 Å². The monoisotopic (exact) mass is 340 g/mol. The fourth-order valence-electron chi connectivity index (χ4n) is 3.05. The Labute approximate surface area is 148 Å². The van der Waals surface area contributed by atoms with E-state index in [4.69, 9.17) is 9.47 Å². The van der Waals surface area contributed by atoms with Crippen molar-refractivity contribution in [3.63, 3.8) is 0 Å². The average molecular weight is 340 g/mol. The van der Waals surface area contributed by atoms with E-state index in [1.165, 1.54) is 5.56 Å². The lowest BCUT2D eigenvalue weighted by atomic mass is 9.99. The summed E-state index contributed by atoms with van der Waals surface area (Å²) in [4.78, 5) is 14.4. The summed E-state index contributed by atoms with van der Waals surface area (Å²) in [7, 11) is 1.64. The van der Waals surface area contributed by atoms with Gasteiger partial charge < -0.3 is 19.7 Å². The summed E-state index contributed by atoms with van der Waals surface area (Å²) in [5.74, 6) is 1.13. The second-order valence-electron chi connectivity index (χ2n) is 6.14. The molecule has 1 aliphatic rings. The predicted octanol–water partition coefficient (Wildman–Crippen LogP) is 3.73. The molecule has 1 N–H and O–H groups in total. The van der Waals surface area contributed by atoms with Crippen LogP contribution in [0.15, 0.2) is 54.6 Å². The van der Waals surface area contributed by atoms with Gasteiger partial charge in [-0.2, -0.15) is 0 Å². The molecule has 1 heterocycles. The Kier molecular flexibility index (Phi) is 5.90. The molecule has 0 saturated carbocycles. The molecule has 1 aliphatic heterocycles. The minimum Gasteiger partial charge on any atom is -0.491 e. The number of likely N-dealkylation sites (tertiary alicyclic amines) is 1. The molecule has 1 fully saturated rings. The standard InChI is InChI=1S/C20H24N2O3/c1-24-12-13-25-19-9-5-8-18(14-19)21-20(23)22-11-10-17(15-22)16-6-3-2-4-7-16/h2-9,14,17H,10-13,15H2,1H3,(H,21,23)/t17-/m1/s1. The third-order valence-corrected chi connectivity index (χ3v) is 4.39. The number of nitrogens with one attached hydrogen (secondary N) is 1. The first-order chi connectivity index (χ1) is 12.3. The van der Waals surface area contributed by atoms with Crippen LogP contribution >= 0.6 is 0 Å². The molecule has 0 unspecified atom stereocenters.